The zero-order chi connectivity index (χ0) is 14.8. The summed E-state index contributed by atoms with van der Waals surface area (Å²) in [4.78, 5) is 2.89. The van der Waals surface area contributed by atoms with E-state index in [0.717, 1.165) is 11.8 Å². The summed E-state index contributed by atoms with van der Waals surface area (Å²) in [7, 11) is 0. The zero-order valence-corrected chi connectivity index (χ0v) is 14.6. The van der Waals surface area contributed by atoms with Gasteiger partial charge in [-0.05, 0) is 75.5 Å². The van der Waals surface area contributed by atoms with Gasteiger partial charge in [-0.2, -0.15) is 0 Å². The SMILES string of the molecule is Cc1ccc(C(C)NCC2CCC(C(C)(C)C)CC2)s1. The first-order chi connectivity index (χ1) is 9.36. The van der Waals surface area contributed by atoms with Gasteiger partial charge in [0.25, 0.3) is 0 Å². The third kappa shape index (κ3) is 4.33. The summed E-state index contributed by atoms with van der Waals surface area (Å²) >= 11 is 1.92. The molecule has 1 fully saturated rings. The Morgan fingerprint density at radius 1 is 1.20 bits per heavy atom. The number of hydrogen-bond donors (Lipinski definition) is 1. The van der Waals surface area contributed by atoms with E-state index in [4.69, 9.17) is 0 Å². The minimum absolute atomic E-state index is 0.500. The van der Waals surface area contributed by atoms with Crippen molar-refractivity contribution >= 4 is 11.3 Å². The normalized spacial score (nSPS) is 25.6. The molecule has 0 amide bonds. The molecule has 0 radical (unpaired) electrons. The highest BCUT2D eigenvalue weighted by atomic mass is 32.1. The highest BCUT2D eigenvalue weighted by Gasteiger charge is 2.29. The predicted octanol–water partition coefficient (Wildman–Crippen LogP) is 5.56. The summed E-state index contributed by atoms with van der Waals surface area (Å²) in [5, 5.41) is 3.75. The highest BCUT2D eigenvalue weighted by molar-refractivity contribution is 7.12. The monoisotopic (exact) mass is 293 g/mol. The van der Waals surface area contributed by atoms with Crippen LogP contribution in [0.5, 0.6) is 0 Å². The standard InChI is InChI=1S/C18H31NS/c1-13-6-11-17(20-13)14(2)19-12-15-7-9-16(10-8-15)18(3,4)5/h6,11,14-16,19H,7-10,12H2,1-5H3. The molecule has 1 heterocycles. The van der Waals surface area contributed by atoms with Crippen LogP contribution in [-0.4, -0.2) is 6.54 Å². The fraction of sp³-hybridized carbons (Fsp3) is 0.778. The number of aryl methyl sites for hydroxylation is 1. The molecule has 0 aromatic carbocycles. The van der Waals surface area contributed by atoms with E-state index < -0.39 is 0 Å². The van der Waals surface area contributed by atoms with Crippen molar-refractivity contribution < 1.29 is 0 Å². The molecule has 1 aromatic rings. The average molecular weight is 294 g/mol. The lowest BCUT2D eigenvalue weighted by molar-refractivity contribution is 0.148. The Morgan fingerprint density at radius 3 is 2.35 bits per heavy atom. The van der Waals surface area contributed by atoms with Gasteiger partial charge in [-0.1, -0.05) is 20.8 Å². The molecule has 1 atom stereocenters. The van der Waals surface area contributed by atoms with Crippen LogP contribution in [0, 0.1) is 24.2 Å². The summed E-state index contributed by atoms with van der Waals surface area (Å²) in [6, 6.07) is 5.01. The highest BCUT2D eigenvalue weighted by Crippen LogP contribution is 2.39. The van der Waals surface area contributed by atoms with Gasteiger partial charge in [0.2, 0.25) is 0 Å². The summed E-state index contributed by atoms with van der Waals surface area (Å²) in [6.45, 7) is 12.9. The molecule has 1 aliphatic carbocycles. The van der Waals surface area contributed by atoms with E-state index >= 15 is 0 Å². The van der Waals surface area contributed by atoms with Crippen molar-refractivity contribution in [2.45, 2.75) is 66.3 Å². The zero-order valence-electron chi connectivity index (χ0n) is 13.8. The lowest BCUT2D eigenvalue weighted by Crippen LogP contribution is -2.31. The lowest BCUT2D eigenvalue weighted by Gasteiger charge is -2.37. The lowest BCUT2D eigenvalue weighted by atomic mass is 9.70. The number of hydrogen-bond acceptors (Lipinski definition) is 2. The van der Waals surface area contributed by atoms with Crippen molar-refractivity contribution in [3.8, 4) is 0 Å². The van der Waals surface area contributed by atoms with Crippen LogP contribution in [0.3, 0.4) is 0 Å². The molecule has 1 N–H and O–H groups in total. The molecule has 1 nitrogen and oxygen atoms in total. The molecular weight excluding hydrogens is 262 g/mol. The summed E-state index contributed by atoms with van der Waals surface area (Å²) in [5.74, 6) is 1.81. The molecule has 1 unspecified atom stereocenters. The van der Waals surface area contributed by atoms with Crippen LogP contribution in [0.4, 0.5) is 0 Å². The maximum absolute atomic E-state index is 3.75. The molecule has 1 saturated carbocycles. The smallest absolute Gasteiger partial charge is 0.0386 e. The van der Waals surface area contributed by atoms with Crippen molar-refractivity contribution in [3.63, 3.8) is 0 Å². The minimum Gasteiger partial charge on any atom is -0.309 e. The van der Waals surface area contributed by atoms with Crippen LogP contribution in [-0.2, 0) is 0 Å². The van der Waals surface area contributed by atoms with Gasteiger partial charge in [0.1, 0.15) is 0 Å². The van der Waals surface area contributed by atoms with Gasteiger partial charge in [0.05, 0.1) is 0 Å². The van der Waals surface area contributed by atoms with E-state index in [2.05, 4.69) is 52.1 Å². The molecule has 2 rings (SSSR count). The Morgan fingerprint density at radius 2 is 1.85 bits per heavy atom. The molecule has 0 spiro atoms. The van der Waals surface area contributed by atoms with Crippen LogP contribution in [0.2, 0.25) is 0 Å². The molecule has 1 aromatic heterocycles. The first kappa shape index (κ1) is 16.0. The number of thiophene rings is 1. The van der Waals surface area contributed by atoms with E-state index in [1.807, 2.05) is 11.3 Å². The minimum atomic E-state index is 0.500. The average Bonchev–Trinajstić information content (AvgIpc) is 2.82. The second kappa shape index (κ2) is 6.62. The fourth-order valence-electron chi connectivity index (χ4n) is 3.36. The maximum atomic E-state index is 3.75. The van der Waals surface area contributed by atoms with Crippen molar-refractivity contribution in [2.24, 2.45) is 17.3 Å². The van der Waals surface area contributed by atoms with Crippen molar-refractivity contribution in [1.82, 2.24) is 5.32 Å². The third-order valence-corrected chi connectivity index (χ3v) is 6.16. The van der Waals surface area contributed by atoms with Crippen molar-refractivity contribution in [2.75, 3.05) is 6.54 Å². The Balaban J connectivity index is 1.73. The van der Waals surface area contributed by atoms with Crippen molar-refractivity contribution in [1.29, 1.82) is 0 Å². The van der Waals surface area contributed by atoms with Crippen molar-refractivity contribution in [3.05, 3.63) is 21.9 Å². The largest absolute Gasteiger partial charge is 0.309 e. The Hall–Kier alpha value is -0.340. The van der Waals surface area contributed by atoms with Crippen LogP contribution in [0.1, 0.15) is 69.2 Å². The molecule has 1 aliphatic rings. The predicted molar refractivity (Wildman–Crippen MR) is 90.4 cm³/mol. The fourth-order valence-corrected chi connectivity index (χ4v) is 4.27. The van der Waals surface area contributed by atoms with Gasteiger partial charge in [0, 0.05) is 15.8 Å². The summed E-state index contributed by atoms with van der Waals surface area (Å²) in [5.41, 5.74) is 0.500. The second-order valence-electron chi connectivity index (χ2n) is 7.66. The van der Waals surface area contributed by atoms with E-state index in [0.29, 0.717) is 11.5 Å². The number of rotatable bonds is 4. The summed E-state index contributed by atoms with van der Waals surface area (Å²) < 4.78 is 0. The summed E-state index contributed by atoms with van der Waals surface area (Å²) in [6.07, 6.45) is 5.65. The van der Waals surface area contributed by atoms with Crippen LogP contribution >= 0.6 is 11.3 Å². The quantitative estimate of drug-likeness (QED) is 0.766. The maximum Gasteiger partial charge on any atom is 0.0386 e. The van der Waals surface area contributed by atoms with Gasteiger partial charge >= 0.3 is 0 Å². The first-order valence-electron chi connectivity index (χ1n) is 8.16. The van der Waals surface area contributed by atoms with Gasteiger partial charge < -0.3 is 5.32 Å². The Kier molecular flexibility index (Phi) is 5.30. The number of nitrogens with one attached hydrogen (secondary N) is 1. The molecule has 0 aliphatic heterocycles. The van der Waals surface area contributed by atoms with Gasteiger partial charge in [0.15, 0.2) is 0 Å². The molecule has 2 heteroatoms. The van der Waals surface area contributed by atoms with E-state index in [1.54, 1.807) is 0 Å². The van der Waals surface area contributed by atoms with E-state index in [-0.39, 0.29) is 0 Å². The molecule has 20 heavy (non-hydrogen) atoms. The Labute approximate surface area is 129 Å². The topological polar surface area (TPSA) is 12.0 Å². The van der Waals surface area contributed by atoms with E-state index in [9.17, 15) is 0 Å². The molecule has 0 bridgehead atoms. The van der Waals surface area contributed by atoms with Crippen LogP contribution < -0.4 is 5.32 Å². The third-order valence-electron chi connectivity index (χ3n) is 4.97. The first-order valence-corrected chi connectivity index (χ1v) is 8.97. The van der Waals surface area contributed by atoms with Gasteiger partial charge in [-0.25, -0.2) is 0 Å². The van der Waals surface area contributed by atoms with Gasteiger partial charge in [-0.15, -0.1) is 11.3 Å². The van der Waals surface area contributed by atoms with Crippen LogP contribution in [0.25, 0.3) is 0 Å². The van der Waals surface area contributed by atoms with Gasteiger partial charge in [-0.3, -0.25) is 0 Å². The second-order valence-corrected chi connectivity index (χ2v) is 8.98. The van der Waals surface area contributed by atoms with E-state index in [1.165, 1.54) is 42.0 Å². The van der Waals surface area contributed by atoms with Crippen LogP contribution in [0.15, 0.2) is 12.1 Å². The Bertz CT molecular complexity index is 407. The molecule has 0 saturated heterocycles. The molecular formula is C18H31NS. The molecule has 114 valence electrons.